The van der Waals surface area contributed by atoms with Crippen LogP contribution in [0.15, 0.2) is 6.20 Å². The van der Waals surface area contributed by atoms with Gasteiger partial charge in [0.2, 0.25) is 5.95 Å². The monoisotopic (exact) mass is 302 g/mol. The van der Waals surface area contributed by atoms with Gasteiger partial charge < -0.3 is 20.4 Å². The summed E-state index contributed by atoms with van der Waals surface area (Å²) in [6.07, 6.45) is 6.13. The predicted molar refractivity (Wildman–Crippen MR) is 83.7 cm³/mol. The Kier molecular flexibility index (Phi) is 3.38. The third-order valence-electron chi connectivity index (χ3n) is 4.66. The van der Waals surface area contributed by atoms with Crippen molar-refractivity contribution < 1.29 is 4.74 Å². The molecule has 1 aliphatic carbocycles. The first-order valence-electron chi connectivity index (χ1n) is 7.95. The van der Waals surface area contributed by atoms with Crippen LogP contribution in [0.1, 0.15) is 29.8 Å². The van der Waals surface area contributed by atoms with Gasteiger partial charge in [-0.1, -0.05) is 0 Å². The van der Waals surface area contributed by atoms with Crippen LogP contribution in [-0.4, -0.2) is 47.3 Å². The second-order valence-corrected chi connectivity index (χ2v) is 6.21. The minimum atomic E-state index is 0.211. The zero-order valence-corrected chi connectivity index (χ0v) is 12.7. The van der Waals surface area contributed by atoms with Gasteiger partial charge in [-0.3, -0.25) is 0 Å². The van der Waals surface area contributed by atoms with Crippen LogP contribution >= 0.6 is 0 Å². The first-order valence-corrected chi connectivity index (χ1v) is 7.95. The first kappa shape index (κ1) is 13.8. The molecule has 3 aliphatic rings. The van der Waals surface area contributed by atoms with E-state index in [1.54, 1.807) is 11.2 Å². The van der Waals surface area contributed by atoms with Crippen LogP contribution in [0.4, 0.5) is 5.95 Å². The van der Waals surface area contributed by atoms with Gasteiger partial charge in [-0.25, -0.2) is 15.8 Å². The molecule has 0 bridgehead atoms. The Hall–Kier alpha value is -1.86. The van der Waals surface area contributed by atoms with Gasteiger partial charge in [0.05, 0.1) is 30.6 Å². The van der Waals surface area contributed by atoms with Crippen molar-refractivity contribution in [3.63, 3.8) is 0 Å². The lowest BCUT2D eigenvalue weighted by Crippen LogP contribution is -2.50. The third kappa shape index (κ3) is 2.30. The van der Waals surface area contributed by atoms with Gasteiger partial charge in [-0.15, -0.1) is 0 Å². The molecule has 2 fully saturated rings. The van der Waals surface area contributed by atoms with Crippen LogP contribution in [0.25, 0.3) is 5.70 Å². The lowest BCUT2D eigenvalue weighted by Gasteiger charge is -2.33. The quantitative estimate of drug-likeness (QED) is 0.597. The molecular formula is C15H22N6O. The molecule has 0 aromatic carbocycles. The van der Waals surface area contributed by atoms with E-state index < -0.39 is 0 Å². The molecule has 118 valence electrons. The van der Waals surface area contributed by atoms with E-state index in [0.29, 0.717) is 18.9 Å². The molecule has 7 heteroatoms. The number of hydrogen-bond acceptors (Lipinski definition) is 7. The summed E-state index contributed by atoms with van der Waals surface area (Å²) in [6.45, 7) is 3.37. The number of hydrogen-bond donors (Lipinski definition) is 2. The van der Waals surface area contributed by atoms with Gasteiger partial charge in [0.15, 0.2) is 0 Å². The molecule has 2 aliphatic heterocycles. The molecule has 4 N–H and O–H groups in total. The molecule has 1 aromatic heterocycles. The van der Waals surface area contributed by atoms with E-state index in [4.69, 9.17) is 26.3 Å². The minimum Gasteiger partial charge on any atom is -0.396 e. The maximum atomic E-state index is 6.30. The Morgan fingerprint density at radius 2 is 2.05 bits per heavy atom. The smallest absolute Gasteiger partial charge is 0.226 e. The van der Waals surface area contributed by atoms with E-state index in [9.17, 15) is 0 Å². The molecule has 0 spiro atoms. The maximum absolute atomic E-state index is 6.30. The molecule has 0 radical (unpaired) electrons. The van der Waals surface area contributed by atoms with Gasteiger partial charge in [-0.2, -0.15) is 0 Å². The van der Waals surface area contributed by atoms with E-state index in [-0.39, 0.29) is 6.04 Å². The number of aryl methyl sites for hydroxylation is 1. The topological polar surface area (TPSA) is 93.5 Å². The van der Waals surface area contributed by atoms with Crippen LogP contribution in [-0.2, 0) is 17.6 Å². The van der Waals surface area contributed by atoms with E-state index in [2.05, 4.69) is 4.90 Å². The number of ether oxygens (including phenoxy) is 1. The highest BCUT2D eigenvalue weighted by atomic mass is 16.5. The second kappa shape index (κ2) is 5.40. The van der Waals surface area contributed by atoms with Crippen molar-refractivity contribution >= 4 is 11.6 Å². The second-order valence-electron chi connectivity index (χ2n) is 6.21. The highest BCUT2D eigenvalue weighted by molar-refractivity contribution is 5.65. The molecule has 0 amide bonds. The van der Waals surface area contributed by atoms with Crippen molar-refractivity contribution in [3.8, 4) is 0 Å². The summed E-state index contributed by atoms with van der Waals surface area (Å²) in [6, 6.07) is 0.211. The molecule has 1 aromatic rings. The van der Waals surface area contributed by atoms with Crippen LogP contribution < -0.4 is 16.5 Å². The normalized spacial score (nSPS) is 21.3. The van der Waals surface area contributed by atoms with Gasteiger partial charge in [0, 0.05) is 30.5 Å². The van der Waals surface area contributed by atoms with Crippen molar-refractivity contribution in [3.05, 3.63) is 23.2 Å². The molecular weight excluding hydrogens is 280 g/mol. The summed E-state index contributed by atoms with van der Waals surface area (Å²) in [5, 5.41) is 1.64. The summed E-state index contributed by atoms with van der Waals surface area (Å²) < 4.78 is 5.17. The first-order chi connectivity index (χ1) is 10.7. The number of anilines is 1. The third-order valence-corrected chi connectivity index (χ3v) is 4.66. The van der Waals surface area contributed by atoms with Crippen LogP contribution in [0, 0.1) is 0 Å². The molecule has 0 unspecified atom stereocenters. The highest BCUT2D eigenvalue weighted by Gasteiger charge is 2.26. The molecule has 0 saturated carbocycles. The van der Waals surface area contributed by atoms with Crippen molar-refractivity contribution in [2.75, 3.05) is 31.2 Å². The van der Waals surface area contributed by atoms with Crippen molar-refractivity contribution in [2.45, 2.75) is 31.7 Å². The van der Waals surface area contributed by atoms with Crippen molar-refractivity contribution in [2.24, 2.45) is 11.6 Å². The summed E-state index contributed by atoms with van der Waals surface area (Å²) in [5.74, 6) is 6.85. The molecule has 7 nitrogen and oxygen atoms in total. The van der Waals surface area contributed by atoms with Crippen molar-refractivity contribution in [1.29, 1.82) is 0 Å². The lowest BCUT2D eigenvalue weighted by atomic mass is 10.1. The van der Waals surface area contributed by atoms with Gasteiger partial charge >= 0.3 is 0 Å². The Balaban J connectivity index is 1.66. The molecule has 2 saturated heterocycles. The largest absolute Gasteiger partial charge is 0.396 e. The summed E-state index contributed by atoms with van der Waals surface area (Å²) in [5.41, 5.74) is 10.1. The fraction of sp³-hybridized carbons (Fsp3) is 0.600. The summed E-state index contributed by atoms with van der Waals surface area (Å²) in [4.78, 5) is 11.7. The van der Waals surface area contributed by atoms with Crippen LogP contribution in [0.5, 0.6) is 0 Å². The fourth-order valence-electron chi connectivity index (χ4n) is 3.04. The SMILES string of the molecule is N/C(=C\N(N)C1COC1)c1nc(N2CCC2)nc2c1CCC2. The Bertz CT molecular complexity index is 608. The van der Waals surface area contributed by atoms with E-state index in [0.717, 1.165) is 49.7 Å². The molecule has 4 rings (SSSR count). The summed E-state index contributed by atoms with van der Waals surface area (Å²) in [7, 11) is 0. The average Bonchev–Trinajstić information content (AvgIpc) is 2.81. The Labute approximate surface area is 129 Å². The van der Waals surface area contributed by atoms with Crippen LogP contribution in [0.2, 0.25) is 0 Å². The highest BCUT2D eigenvalue weighted by Crippen LogP contribution is 2.29. The number of nitrogens with zero attached hydrogens (tertiary/aromatic N) is 4. The van der Waals surface area contributed by atoms with Crippen LogP contribution in [0.3, 0.4) is 0 Å². The average molecular weight is 302 g/mol. The van der Waals surface area contributed by atoms with E-state index in [1.165, 1.54) is 12.0 Å². The standard InChI is InChI=1S/C15H22N6O/c16-12(7-21(17)10-8-22-9-10)14-11-3-1-4-13(11)18-15(19-14)20-5-2-6-20/h7,10H,1-6,8-9,16-17H2/b12-7-. The van der Waals surface area contributed by atoms with Gasteiger partial charge in [0.25, 0.3) is 0 Å². The zero-order valence-electron chi connectivity index (χ0n) is 12.7. The fourth-order valence-corrected chi connectivity index (χ4v) is 3.04. The van der Waals surface area contributed by atoms with Crippen molar-refractivity contribution in [1.82, 2.24) is 15.0 Å². The predicted octanol–water partition coefficient (Wildman–Crippen LogP) is 0.00700. The molecule has 3 heterocycles. The number of rotatable bonds is 4. The number of nitrogens with two attached hydrogens (primary N) is 2. The summed E-state index contributed by atoms with van der Waals surface area (Å²) >= 11 is 0. The van der Waals surface area contributed by atoms with Gasteiger partial charge in [-0.05, 0) is 25.7 Å². The number of fused-ring (bicyclic) bond motifs is 1. The van der Waals surface area contributed by atoms with E-state index >= 15 is 0 Å². The lowest BCUT2D eigenvalue weighted by molar-refractivity contribution is -0.0489. The maximum Gasteiger partial charge on any atom is 0.226 e. The van der Waals surface area contributed by atoms with E-state index in [1.807, 2.05) is 0 Å². The molecule has 0 atom stereocenters. The number of hydrazine groups is 1. The molecule has 22 heavy (non-hydrogen) atoms. The Morgan fingerprint density at radius 1 is 1.23 bits per heavy atom. The minimum absolute atomic E-state index is 0.211. The zero-order chi connectivity index (χ0) is 15.1. The number of aromatic nitrogens is 2. The van der Waals surface area contributed by atoms with Gasteiger partial charge in [0.1, 0.15) is 0 Å². The Morgan fingerprint density at radius 3 is 2.68 bits per heavy atom.